The lowest BCUT2D eigenvalue weighted by Gasteiger charge is -2.23. The van der Waals surface area contributed by atoms with Gasteiger partial charge in [0.2, 0.25) is 0 Å². The summed E-state index contributed by atoms with van der Waals surface area (Å²) in [6.07, 6.45) is 7.64. The summed E-state index contributed by atoms with van der Waals surface area (Å²) < 4.78 is 1.07. The number of aromatic nitrogens is 1. The first-order valence-corrected chi connectivity index (χ1v) is 5.49. The van der Waals surface area contributed by atoms with Gasteiger partial charge in [0, 0.05) is 22.9 Å². The van der Waals surface area contributed by atoms with Crippen LogP contribution in [0.25, 0.3) is 0 Å². The summed E-state index contributed by atoms with van der Waals surface area (Å²) in [7, 11) is 0. The lowest BCUT2D eigenvalue weighted by Crippen LogP contribution is -2.26. The largest absolute Gasteiger partial charge is 0.310 e. The SMILES string of the molecule is Brc1cncc([C@@H]2CCCCN2)c1.Cl. The molecule has 0 aromatic carbocycles. The second-order valence-electron chi connectivity index (χ2n) is 3.44. The van der Waals surface area contributed by atoms with Crippen LogP contribution in [0.3, 0.4) is 0 Å². The minimum atomic E-state index is 0. The molecule has 2 rings (SSSR count). The van der Waals surface area contributed by atoms with Gasteiger partial charge in [-0.1, -0.05) is 6.42 Å². The third-order valence-electron chi connectivity index (χ3n) is 2.44. The lowest BCUT2D eigenvalue weighted by atomic mass is 9.99. The van der Waals surface area contributed by atoms with Crippen molar-refractivity contribution in [3.05, 3.63) is 28.5 Å². The molecule has 2 nitrogen and oxygen atoms in total. The number of hydrogen-bond donors (Lipinski definition) is 1. The van der Waals surface area contributed by atoms with Gasteiger partial charge in [0.1, 0.15) is 0 Å². The normalized spacial score (nSPS) is 21.4. The number of nitrogens with zero attached hydrogens (tertiary/aromatic N) is 1. The van der Waals surface area contributed by atoms with Crippen molar-refractivity contribution in [2.45, 2.75) is 25.3 Å². The van der Waals surface area contributed by atoms with Crippen LogP contribution in [0.2, 0.25) is 0 Å². The molecule has 0 amide bonds. The van der Waals surface area contributed by atoms with Gasteiger partial charge in [-0.25, -0.2) is 0 Å². The Kier molecular flexibility index (Phi) is 4.85. The van der Waals surface area contributed by atoms with E-state index >= 15 is 0 Å². The monoisotopic (exact) mass is 276 g/mol. The van der Waals surface area contributed by atoms with Crippen LogP contribution in [-0.2, 0) is 0 Å². The molecule has 1 N–H and O–H groups in total. The van der Waals surface area contributed by atoms with Crippen molar-refractivity contribution in [3.63, 3.8) is 0 Å². The zero-order chi connectivity index (χ0) is 9.10. The van der Waals surface area contributed by atoms with Crippen molar-refractivity contribution in [1.29, 1.82) is 0 Å². The van der Waals surface area contributed by atoms with E-state index in [4.69, 9.17) is 0 Å². The van der Waals surface area contributed by atoms with Crippen LogP contribution in [0.15, 0.2) is 22.9 Å². The molecule has 1 saturated heterocycles. The molecule has 1 aromatic rings. The molecule has 1 atom stereocenters. The van der Waals surface area contributed by atoms with Gasteiger partial charge < -0.3 is 5.32 Å². The Balaban J connectivity index is 0.000000980. The van der Waals surface area contributed by atoms with Crippen LogP contribution in [0.1, 0.15) is 30.9 Å². The molecular formula is C10H14BrClN2. The highest BCUT2D eigenvalue weighted by Crippen LogP contribution is 2.23. The van der Waals surface area contributed by atoms with Gasteiger partial charge in [-0.2, -0.15) is 0 Å². The van der Waals surface area contributed by atoms with Crippen LogP contribution in [0.5, 0.6) is 0 Å². The van der Waals surface area contributed by atoms with Crippen LogP contribution < -0.4 is 5.32 Å². The van der Waals surface area contributed by atoms with E-state index in [1.807, 2.05) is 12.4 Å². The minimum Gasteiger partial charge on any atom is -0.310 e. The van der Waals surface area contributed by atoms with E-state index in [1.165, 1.54) is 24.8 Å². The molecule has 0 saturated carbocycles. The van der Waals surface area contributed by atoms with Crippen LogP contribution >= 0.6 is 28.3 Å². The highest BCUT2D eigenvalue weighted by molar-refractivity contribution is 9.10. The second kappa shape index (κ2) is 5.69. The molecule has 0 bridgehead atoms. The first-order chi connectivity index (χ1) is 6.36. The summed E-state index contributed by atoms with van der Waals surface area (Å²) in [4.78, 5) is 4.17. The Labute approximate surface area is 99.0 Å². The smallest absolute Gasteiger partial charge is 0.0410 e. The fraction of sp³-hybridized carbons (Fsp3) is 0.500. The van der Waals surface area contributed by atoms with Gasteiger partial charge >= 0.3 is 0 Å². The van der Waals surface area contributed by atoms with Gasteiger partial charge in [0.15, 0.2) is 0 Å². The fourth-order valence-electron chi connectivity index (χ4n) is 1.76. The lowest BCUT2D eigenvalue weighted by molar-refractivity contribution is 0.411. The van der Waals surface area contributed by atoms with Crippen LogP contribution in [0.4, 0.5) is 0 Å². The molecule has 0 spiro atoms. The standard InChI is InChI=1S/C10H13BrN2.ClH/c11-9-5-8(6-12-7-9)10-3-1-2-4-13-10;/h5-7,10,13H,1-4H2;1H/t10-;/m0./s1. The molecule has 2 heterocycles. The first-order valence-electron chi connectivity index (χ1n) is 4.70. The van der Waals surface area contributed by atoms with Gasteiger partial charge in [-0.3, -0.25) is 4.98 Å². The summed E-state index contributed by atoms with van der Waals surface area (Å²) >= 11 is 3.44. The molecule has 0 unspecified atom stereocenters. The zero-order valence-corrected chi connectivity index (χ0v) is 10.3. The number of rotatable bonds is 1. The molecule has 1 aromatic heterocycles. The van der Waals surface area contributed by atoms with E-state index in [2.05, 4.69) is 32.3 Å². The third-order valence-corrected chi connectivity index (χ3v) is 2.87. The first kappa shape index (κ1) is 12.0. The maximum atomic E-state index is 4.17. The van der Waals surface area contributed by atoms with Crippen molar-refractivity contribution in [2.75, 3.05) is 6.54 Å². The number of hydrogen-bond acceptors (Lipinski definition) is 2. The summed E-state index contributed by atoms with van der Waals surface area (Å²) in [5, 5.41) is 3.50. The van der Waals surface area contributed by atoms with E-state index in [-0.39, 0.29) is 12.4 Å². The predicted molar refractivity (Wildman–Crippen MR) is 63.8 cm³/mol. The Morgan fingerprint density at radius 3 is 2.86 bits per heavy atom. The Bertz CT molecular complexity index is 287. The number of pyridine rings is 1. The molecule has 1 fully saturated rings. The quantitative estimate of drug-likeness (QED) is 0.853. The van der Waals surface area contributed by atoms with Crippen molar-refractivity contribution in [3.8, 4) is 0 Å². The average molecular weight is 278 g/mol. The summed E-state index contributed by atoms with van der Waals surface area (Å²) in [6.45, 7) is 1.14. The molecule has 0 aliphatic carbocycles. The average Bonchev–Trinajstić information content (AvgIpc) is 2.19. The molecule has 14 heavy (non-hydrogen) atoms. The summed E-state index contributed by atoms with van der Waals surface area (Å²) in [5.41, 5.74) is 1.30. The van der Waals surface area contributed by atoms with E-state index in [0.29, 0.717) is 6.04 Å². The third kappa shape index (κ3) is 2.94. The van der Waals surface area contributed by atoms with Gasteiger partial charge in [-0.15, -0.1) is 12.4 Å². The van der Waals surface area contributed by atoms with E-state index < -0.39 is 0 Å². The van der Waals surface area contributed by atoms with E-state index in [9.17, 15) is 0 Å². The van der Waals surface area contributed by atoms with Gasteiger partial charge in [-0.05, 0) is 46.9 Å². The van der Waals surface area contributed by atoms with Crippen LogP contribution in [0, 0.1) is 0 Å². The fourth-order valence-corrected chi connectivity index (χ4v) is 2.14. The minimum absolute atomic E-state index is 0. The number of nitrogens with one attached hydrogen (secondary N) is 1. The maximum Gasteiger partial charge on any atom is 0.0410 e. The highest BCUT2D eigenvalue weighted by atomic mass is 79.9. The summed E-state index contributed by atoms with van der Waals surface area (Å²) in [5.74, 6) is 0. The van der Waals surface area contributed by atoms with Crippen molar-refractivity contribution in [2.24, 2.45) is 0 Å². The predicted octanol–water partition coefficient (Wildman–Crippen LogP) is 3.08. The zero-order valence-electron chi connectivity index (χ0n) is 7.87. The van der Waals surface area contributed by atoms with Crippen LogP contribution in [-0.4, -0.2) is 11.5 Å². The van der Waals surface area contributed by atoms with Gasteiger partial charge in [0.05, 0.1) is 0 Å². The number of piperidine rings is 1. The molecule has 0 radical (unpaired) electrons. The molecule has 78 valence electrons. The highest BCUT2D eigenvalue weighted by Gasteiger charge is 2.14. The Hall–Kier alpha value is -0.120. The summed E-state index contributed by atoms with van der Waals surface area (Å²) in [6, 6.07) is 2.66. The molecule has 1 aliphatic heterocycles. The van der Waals surface area contributed by atoms with E-state index in [1.54, 1.807) is 0 Å². The molecule has 1 aliphatic rings. The van der Waals surface area contributed by atoms with Crippen molar-refractivity contribution in [1.82, 2.24) is 10.3 Å². The Morgan fingerprint density at radius 1 is 1.36 bits per heavy atom. The molecule has 4 heteroatoms. The number of halogens is 2. The van der Waals surface area contributed by atoms with Crippen molar-refractivity contribution >= 4 is 28.3 Å². The molecular weight excluding hydrogens is 263 g/mol. The van der Waals surface area contributed by atoms with Gasteiger partial charge in [0.25, 0.3) is 0 Å². The Morgan fingerprint density at radius 2 is 2.21 bits per heavy atom. The maximum absolute atomic E-state index is 4.17. The van der Waals surface area contributed by atoms with E-state index in [0.717, 1.165) is 11.0 Å². The second-order valence-corrected chi connectivity index (χ2v) is 4.35. The topological polar surface area (TPSA) is 24.9 Å². The van der Waals surface area contributed by atoms with Crippen molar-refractivity contribution < 1.29 is 0 Å².